The third-order valence-corrected chi connectivity index (χ3v) is 7.81. The van der Waals surface area contributed by atoms with Crippen molar-refractivity contribution in [3.63, 3.8) is 0 Å². The van der Waals surface area contributed by atoms with Gasteiger partial charge in [0.1, 0.15) is 5.69 Å². The first-order valence-electron chi connectivity index (χ1n) is 11.9. The van der Waals surface area contributed by atoms with Crippen LogP contribution in [0, 0.1) is 0 Å². The third kappa shape index (κ3) is 4.53. The number of nitrogens with one attached hydrogen (secondary N) is 1. The summed E-state index contributed by atoms with van der Waals surface area (Å²) in [5.41, 5.74) is 4.74. The smallest absolute Gasteiger partial charge is 0.277 e. The van der Waals surface area contributed by atoms with E-state index in [4.69, 9.17) is 4.74 Å². The van der Waals surface area contributed by atoms with E-state index in [0.717, 1.165) is 29.8 Å². The molecule has 0 atom stereocenters. The highest BCUT2D eigenvalue weighted by atomic mass is 32.2. The van der Waals surface area contributed by atoms with Crippen molar-refractivity contribution in [2.45, 2.75) is 56.1 Å². The molecule has 3 aliphatic rings. The van der Waals surface area contributed by atoms with Crippen molar-refractivity contribution in [1.29, 1.82) is 0 Å². The predicted molar refractivity (Wildman–Crippen MR) is 131 cm³/mol. The first kappa shape index (κ1) is 23.2. The highest BCUT2D eigenvalue weighted by molar-refractivity contribution is 7.90. The quantitative estimate of drug-likeness (QED) is 0.505. The van der Waals surface area contributed by atoms with Crippen molar-refractivity contribution in [3.8, 4) is 0 Å². The van der Waals surface area contributed by atoms with Gasteiger partial charge in [0.2, 0.25) is 0 Å². The van der Waals surface area contributed by atoms with Gasteiger partial charge < -0.3 is 10.1 Å². The van der Waals surface area contributed by atoms with E-state index >= 15 is 0 Å². The van der Waals surface area contributed by atoms with Crippen LogP contribution in [0.15, 0.2) is 40.2 Å². The van der Waals surface area contributed by atoms with E-state index in [9.17, 15) is 17.2 Å². The Balaban J connectivity index is 1.39. The fraction of sp³-hybridized carbons (Fsp3) is 0.400. The molecule has 0 radical (unpaired) electrons. The first-order valence-corrected chi connectivity index (χ1v) is 13.8. The molecule has 3 aromatic rings. The van der Waals surface area contributed by atoms with Crippen LogP contribution in [0.4, 0.5) is 25.8 Å². The maximum atomic E-state index is 13.5. The summed E-state index contributed by atoms with van der Waals surface area (Å²) in [4.78, 5) is 8.95. The van der Waals surface area contributed by atoms with Crippen LogP contribution in [-0.2, 0) is 40.6 Å². The Kier molecular flexibility index (Phi) is 5.64. The van der Waals surface area contributed by atoms with Gasteiger partial charge in [-0.3, -0.25) is 9.67 Å². The highest BCUT2D eigenvalue weighted by Gasteiger charge is 2.29. The molecule has 0 amide bonds. The Labute approximate surface area is 207 Å². The summed E-state index contributed by atoms with van der Waals surface area (Å²) >= 11 is 0. The molecule has 8 nitrogen and oxygen atoms in total. The molecule has 0 saturated heterocycles. The number of benzene rings is 1. The number of sulfone groups is 1. The van der Waals surface area contributed by atoms with Gasteiger partial charge in [-0.15, -0.1) is 0 Å². The molecule has 0 spiro atoms. The molecule has 0 unspecified atom stereocenters. The second-order valence-electron chi connectivity index (χ2n) is 9.54. The summed E-state index contributed by atoms with van der Waals surface area (Å²) in [6.45, 7) is 1.78. The minimum absolute atomic E-state index is 0.0530. The van der Waals surface area contributed by atoms with Crippen LogP contribution in [0.2, 0.25) is 0 Å². The third-order valence-electron chi connectivity index (χ3n) is 6.67. The van der Waals surface area contributed by atoms with Crippen LogP contribution in [-0.4, -0.2) is 48.2 Å². The first-order chi connectivity index (χ1) is 17.2. The molecule has 2 aliphatic heterocycles. The van der Waals surface area contributed by atoms with Gasteiger partial charge in [0.15, 0.2) is 9.84 Å². The van der Waals surface area contributed by atoms with E-state index in [0.29, 0.717) is 60.5 Å². The topological polar surface area (TPSA) is 98.5 Å². The molecule has 0 bridgehead atoms. The zero-order chi connectivity index (χ0) is 25.0. The minimum atomic E-state index is -3.54. The molecule has 36 heavy (non-hydrogen) atoms. The molecule has 1 saturated carbocycles. The van der Waals surface area contributed by atoms with Gasteiger partial charge in [0.25, 0.3) is 6.43 Å². The number of pyridine rings is 1. The van der Waals surface area contributed by atoms with Gasteiger partial charge in [-0.1, -0.05) is 6.07 Å². The number of nitrogens with zero attached hydrogens (tertiary/aromatic N) is 4. The Hall–Kier alpha value is -3.18. The van der Waals surface area contributed by atoms with Crippen molar-refractivity contribution in [2.24, 2.45) is 4.99 Å². The average molecular weight is 514 g/mol. The Morgan fingerprint density at radius 3 is 2.72 bits per heavy atom. The molecular formula is C25H25F2N5O3S. The lowest BCUT2D eigenvalue weighted by Crippen LogP contribution is -2.16. The fourth-order valence-corrected chi connectivity index (χ4v) is 5.62. The van der Waals surface area contributed by atoms with Crippen LogP contribution in [0.3, 0.4) is 0 Å². The standard InChI is InChI=1S/C25H25F2N5O3S/c1-36(33,34)23-8-15(14-2-3-14)4-5-19(23)29-20-11-16(28-21-12-22(25(26)27)30-24(20)21)9-17-10-18-13-35-7-6-32(18)31-17/h4-5,8,10-11,14,25H,2-3,6-7,9,12-13H2,1H3,(H,28,29). The van der Waals surface area contributed by atoms with Crippen molar-refractivity contribution in [3.05, 3.63) is 58.7 Å². The van der Waals surface area contributed by atoms with Gasteiger partial charge in [-0.05, 0) is 48.6 Å². The summed E-state index contributed by atoms with van der Waals surface area (Å²) < 4.78 is 59.6. The van der Waals surface area contributed by atoms with Gasteiger partial charge >= 0.3 is 0 Å². The van der Waals surface area contributed by atoms with Crippen LogP contribution >= 0.6 is 0 Å². The number of alkyl halides is 2. The molecular weight excluding hydrogens is 488 g/mol. The van der Waals surface area contributed by atoms with Crippen LogP contribution in [0.1, 0.15) is 47.1 Å². The molecule has 4 heterocycles. The van der Waals surface area contributed by atoms with Crippen molar-refractivity contribution in [2.75, 3.05) is 18.2 Å². The molecule has 6 rings (SSSR count). The molecule has 1 fully saturated rings. The van der Waals surface area contributed by atoms with Gasteiger partial charge in [0.05, 0.1) is 58.8 Å². The van der Waals surface area contributed by atoms with Crippen LogP contribution < -0.4 is 5.32 Å². The van der Waals surface area contributed by atoms with Gasteiger partial charge in [-0.2, -0.15) is 5.10 Å². The van der Waals surface area contributed by atoms with Gasteiger partial charge in [-0.25, -0.2) is 22.2 Å². The minimum Gasteiger partial charge on any atom is -0.373 e. The number of fused-ring (bicyclic) bond motifs is 2. The van der Waals surface area contributed by atoms with E-state index in [2.05, 4.69) is 20.4 Å². The zero-order valence-electron chi connectivity index (χ0n) is 19.7. The number of halogens is 2. The monoisotopic (exact) mass is 513 g/mol. The maximum absolute atomic E-state index is 13.5. The molecule has 11 heteroatoms. The number of aliphatic imine (C=N–C) groups is 1. The Bertz CT molecular complexity index is 1470. The molecule has 2 aromatic heterocycles. The molecule has 1 aromatic carbocycles. The molecule has 1 N–H and O–H groups in total. The summed E-state index contributed by atoms with van der Waals surface area (Å²) in [6, 6.07) is 9.07. The number of rotatable bonds is 7. The van der Waals surface area contributed by atoms with E-state index in [1.54, 1.807) is 18.2 Å². The lowest BCUT2D eigenvalue weighted by atomic mass is 10.1. The van der Waals surface area contributed by atoms with Gasteiger partial charge in [0, 0.05) is 24.8 Å². The van der Waals surface area contributed by atoms with Crippen molar-refractivity contribution >= 4 is 32.6 Å². The second-order valence-corrected chi connectivity index (χ2v) is 11.5. The number of hydrogen-bond donors (Lipinski definition) is 1. The summed E-state index contributed by atoms with van der Waals surface area (Å²) in [5.74, 6) is 0.390. The van der Waals surface area contributed by atoms with Crippen molar-refractivity contribution < 1.29 is 21.9 Å². The SMILES string of the molecule is CS(=O)(=O)c1cc(C2CC2)ccc1Nc1cc(Cc2cc3n(n2)CCOC3)nc2c1N=C(C(F)F)C2. The summed E-state index contributed by atoms with van der Waals surface area (Å²) in [7, 11) is -3.54. The maximum Gasteiger partial charge on any atom is 0.277 e. The number of ether oxygens (including phenoxy) is 1. The zero-order valence-corrected chi connectivity index (χ0v) is 20.5. The molecule has 1 aliphatic carbocycles. The number of aromatic nitrogens is 3. The number of hydrogen-bond acceptors (Lipinski definition) is 7. The fourth-order valence-electron chi connectivity index (χ4n) is 4.75. The highest BCUT2D eigenvalue weighted by Crippen LogP contribution is 2.43. The summed E-state index contributed by atoms with van der Waals surface area (Å²) in [5, 5.41) is 7.81. The largest absolute Gasteiger partial charge is 0.373 e. The lowest BCUT2D eigenvalue weighted by Gasteiger charge is -2.15. The van der Waals surface area contributed by atoms with E-state index in [-0.39, 0.29) is 17.0 Å². The average Bonchev–Trinajstić information content (AvgIpc) is 3.45. The number of anilines is 2. The Morgan fingerprint density at radius 1 is 1.17 bits per heavy atom. The summed E-state index contributed by atoms with van der Waals surface area (Å²) in [6.07, 6.45) is 0.912. The van der Waals surface area contributed by atoms with Crippen molar-refractivity contribution in [1.82, 2.24) is 14.8 Å². The van der Waals surface area contributed by atoms with E-state index in [1.807, 2.05) is 16.8 Å². The van der Waals surface area contributed by atoms with Crippen LogP contribution in [0.5, 0.6) is 0 Å². The normalized spacial score (nSPS) is 17.2. The Morgan fingerprint density at radius 2 is 2.00 bits per heavy atom. The molecule has 188 valence electrons. The van der Waals surface area contributed by atoms with Crippen LogP contribution in [0.25, 0.3) is 0 Å². The predicted octanol–water partition coefficient (Wildman–Crippen LogP) is 4.32. The lowest BCUT2D eigenvalue weighted by molar-refractivity contribution is 0.0800. The van der Waals surface area contributed by atoms with E-state index in [1.165, 1.54) is 6.26 Å². The second kappa shape index (κ2) is 8.74. The van der Waals surface area contributed by atoms with E-state index < -0.39 is 16.3 Å².